The molecule has 15 heteroatoms. The number of amides is 1. The third-order valence-electron chi connectivity index (χ3n) is 6.41. The lowest BCUT2D eigenvalue weighted by atomic mass is 9.98. The van der Waals surface area contributed by atoms with Gasteiger partial charge in [-0.2, -0.15) is 13.2 Å². The van der Waals surface area contributed by atoms with Crippen LogP contribution in [-0.4, -0.2) is 47.3 Å². The topological polar surface area (TPSA) is 140 Å². The van der Waals surface area contributed by atoms with E-state index >= 15 is 0 Å². The van der Waals surface area contributed by atoms with Crippen molar-refractivity contribution in [3.63, 3.8) is 0 Å². The Morgan fingerprint density at radius 1 is 1.07 bits per heavy atom. The zero-order chi connectivity index (χ0) is 31.5. The average molecular weight is 623 g/mol. The first kappa shape index (κ1) is 31.4. The van der Waals surface area contributed by atoms with Crippen LogP contribution >= 0.6 is 11.6 Å². The van der Waals surface area contributed by atoms with Gasteiger partial charge in [0, 0.05) is 42.4 Å². The van der Waals surface area contributed by atoms with E-state index in [1.165, 1.54) is 44.7 Å². The summed E-state index contributed by atoms with van der Waals surface area (Å²) in [5, 5.41) is 6.73. The summed E-state index contributed by atoms with van der Waals surface area (Å²) in [6, 6.07) is 7.73. The highest BCUT2D eigenvalue weighted by atomic mass is 35.5. The van der Waals surface area contributed by atoms with Crippen molar-refractivity contribution in [3.05, 3.63) is 86.9 Å². The second-order valence-electron chi connectivity index (χ2n) is 9.22. The molecule has 0 spiro atoms. The zero-order valence-corrected chi connectivity index (χ0v) is 23.3. The molecule has 0 aliphatic rings. The molecule has 4 rings (SSSR count). The van der Waals surface area contributed by atoms with E-state index in [0.29, 0.717) is 0 Å². The molecule has 2 heterocycles. The lowest BCUT2D eigenvalue weighted by Crippen LogP contribution is -2.31. The van der Waals surface area contributed by atoms with Gasteiger partial charge in [-0.15, -0.1) is 10.2 Å². The Balaban J connectivity index is 1.77. The molecule has 1 amide bonds. The molecular formula is C28H23ClF4N4O6. The van der Waals surface area contributed by atoms with E-state index in [1.807, 2.05) is 0 Å². The standard InChI is InChI=1S/C28H23ClF4N4O6/c1-41-8-7-21(22(38)10-14-3-5-17(25(34)40)20(30)9-14)37-13-23(42-2)19(12-24(37)39)18-11-15(29)4-6-16(18)26-35-36-27(43-26)28(31,32)33/h3-6,9,11-13,21H,7-8,10H2,1-2H3,(H2,34,40). The van der Waals surface area contributed by atoms with E-state index in [2.05, 4.69) is 10.2 Å². The number of primary amides is 1. The second kappa shape index (κ2) is 12.8. The number of benzene rings is 2. The molecule has 0 fully saturated rings. The van der Waals surface area contributed by atoms with Gasteiger partial charge >= 0.3 is 12.1 Å². The van der Waals surface area contributed by atoms with Crippen LogP contribution in [0.4, 0.5) is 17.6 Å². The Morgan fingerprint density at radius 3 is 2.42 bits per heavy atom. The minimum atomic E-state index is -4.88. The Hall–Kier alpha value is -4.56. The molecule has 4 aromatic rings. The van der Waals surface area contributed by atoms with Crippen molar-refractivity contribution in [2.75, 3.05) is 20.8 Å². The molecule has 226 valence electrons. The number of methoxy groups -OCH3 is 2. The average Bonchev–Trinajstić information content (AvgIpc) is 3.44. The van der Waals surface area contributed by atoms with Gasteiger partial charge < -0.3 is 24.2 Å². The fourth-order valence-corrected chi connectivity index (χ4v) is 4.56. The second-order valence-corrected chi connectivity index (χ2v) is 9.66. The number of alkyl halides is 3. The number of hydrogen-bond acceptors (Lipinski definition) is 8. The van der Waals surface area contributed by atoms with E-state index in [1.54, 1.807) is 0 Å². The summed E-state index contributed by atoms with van der Waals surface area (Å²) in [4.78, 5) is 38.2. The van der Waals surface area contributed by atoms with Crippen LogP contribution < -0.4 is 16.0 Å². The first-order chi connectivity index (χ1) is 20.3. The number of halogens is 5. The van der Waals surface area contributed by atoms with Crippen molar-refractivity contribution in [1.29, 1.82) is 0 Å². The van der Waals surface area contributed by atoms with Crippen LogP contribution in [0.2, 0.25) is 5.02 Å². The lowest BCUT2D eigenvalue weighted by Gasteiger charge is -2.21. The summed E-state index contributed by atoms with van der Waals surface area (Å²) in [7, 11) is 2.70. The molecule has 43 heavy (non-hydrogen) atoms. The molecular weight excluding hydrogens is 600 g/mol. The molecule has 2 N–H and O–H groups in total. The van der Waals surface area contributed by atoms with Crippen molar-refractivity contribution < 1.29 is 41.0 Å². The number of nitrogens with two attached hydrogens (primary N) is 1. The number of Topliss-reactive ketones (excluding diaryl/α,β-unsaturated/α-hetero) is 1. The highest BCUT2D eigenvalue weighted by molar-refractivity contribution is 6.31. The molecule has 2 aromatic heterocycles. The van der Waals surface area contributed by atoms with Crippen LogP contribution in [0.25, 0.3) is 22.6 Å². The van der Waals surface area contributed by atoms with Gasteiger partial charge in [0.15, 0.2) is 5.78 Å². The summed E-state index contributed by atoms with van der Waals surface area (Å²) in [5.74, 6) is -4.31. The van der Waals surface area contributed by atoms with E-state index in [4.69, 9.17) is 31.2 Å². The van der Waals surface area contributed by atoms with Crippen LogP contribution in [0, 0.1) is 5.82 Å². The first-order valence-corrected chi connectivity index (χ1v) is 12.8. The van der Waals surface area contributed by atoms with Gasteiger partial charge in [-0.05, 0) is 47.9 Å². The van der Waals surface area contributed by atoms with E-state index in [-0.39, 0.29) is 58.0 Å². The van der Waals surface area contributed by atoms with Crippen molar-refractivity contribution in [1.82, 2.24) is 14.8 Å². The van der Waals surface area contributed by atoms with Gasteiger partial charge in [0.25, 0.3) is 11.5 Å². The number of ketones is 1. The molecule has 0 aliphatic heterocycles. The van der Waals surface area contributed by atoms with Gasteiger partial charge in [-0.1, -0.05) is 17.7 Å². The minimum absolute atomic E-state index is 0.0382. The number of rotatable bonds is 11. The Labute approximate surface area is 246 Å². The fourth-order valence-electron chi connectivity index (χ4n) is 4.39. The van der Waals surface area contributed by atoms with Crippen molar-refractivity contribution in [3.8, 4) is 28.3 Å². The van der Waals surface area contributed by atoms with Gasteiger partial charge in [0.1, 0.15) is 11.6 Å². The first-order valence-electron chi connectivity index (χ1n) is 12.4. The predicted octanol–water partition coefficient (Wildman–Crippen LogP) is 4.87. The molecule has 1 unspecified atom stereocenters. The Kier molecular flexibility index (Phi) is 9.30. The van der Waals surface area contributed by atoms with E-state index < -0.39 is 47.1 Å². The maximum absolute atomic E-state index is 14.3. The fraction of sp³-hybridized carbons (Fsp3) is 0.250. The number of carbonyl (C=O) groups excluding carboxylic acids is 2. The number of pyridine rings is 1. The number of aromatic nitrogens is 3. The maximum Gasteiger partial charge on any atom is 0.470 e. The molecule has 2 aromatic carbocycles. The van der Waals surface area contributed by atoms with Gasteiger partial charge in [0.05, 0.1) is 24.9 Å². The summed E-state index contributed by atoms with van der Waals surface area (Å²) in [6.07, 6.45) is -3.84. The number of nitrogens with zero attached hydrogens (tertiary/aromatic N) is 3. The summed E-state index contributed by atoms with van der Waals surface area (Å²) >= 11 is 6.18. The van der Waals surface area contributed by atoms with E-state index in [9.17, 15) is 31.9 Å². The molecule has 10 nitrogen and oxygen atoms in total. The monoisotopic (exact) mass is 622 g/mol. The summed E-state index contributed by atoms with van der Waals surface area (Å²) < 4.78 is 70.2. The SMILES string of the molecule is COCCC(C(=O)Cc1ccc(C(N)=O)c(F)c1)n1cc(OC)c(-c2cc(Cl)ccc2-c2nnc(C(F)(F)F)o2)cc1=O. The Morgan fingerprint density at radius 2 is 1.81 bits per heavy atom. The predicted molar refractivity (Wildman–Crippen MR) is 145 cm³/mol. The third kappa shape index (κ3) is 6.92. The van der Waals surface area contributed by atoms with Crippen LogP contribution in [0.5, 0.6) is 5.75 Å². The largest absolute Gasteiger partial charge is 0.495 e. The van der Waals surface area contributed by atoms with Crippen molar-refractivity contribution >= 4 is 23.3 Å². The number of ether oxygens (including phenoxy) is 2. The van der Waals surface area contributed by atoms with Crippen molar-refractivity contribution in [2.24, 2.45) is 5.73 Å². The van der Waals surface area contributed by atoms with Crippen LogP contribution in [0.3, 0.4) is 0 Å². The molecule has 1 atom stereocenters. The van der Waals surface area contributed by atoms with E-state index in [0.717, 1.165) is 22.8 Å². The zero-order valence-electron chi connectivity index (χ0n) is 22.6. The van der Waals surface area contributed by atoms with Crippen LogP contribution in [0.15, 0.2) is 57.9 Å². The Bertz CT molecular complexity index is 1740. The molecule has 0 radical (unpaired) electrons. The maximum atomic E-state index is 14.3. The molecule has 0 saturated carbocycles. The number of hydrogen-bond donors (Lipinski definition) is 1. The highest BCUT2D eigenvalue weighted by Crippen LogP contribution is 2.39. The number of carbonyl (C=O) groups is 2. The normalized spacial score (nSPS) is 12.3. The summed E-state index contributed by atoms with van der Waals surface area (Å²) in [5.41, 5.74) is 4.68. The molecule has 0 bridgehead atoms. The van der Waals surface area contributed by atoms with Crippen LogP contribution in [0.1, 0.15) is 34.3 Å². The molecule has 0 saturated heterocycles. The van der Waals surface area contributed by atoms with Crippen LogP contribution in [-0.2, 0) is 22.1 Å². The minimum Gasteiger partial charge on any atom is -0.495 e. The molecule has 0 aliphatic carbocycles. The van der Waals surface area contributed by atoms with Gasteiger partial charge in [0.2, 0.25) is 5.89 Å². The smallest absolute Gasteiger partial charge is 0.470 e. The third-order valence-corrected chi connectivity index (χ3v) is 6.65. The van der Waals surface area contributed by atoms with Crippen molar-refractivity contribution in [2.45, 2.75) is 25.1 Å². The van der Waals surface area contributed by atoms with Gasteiger partial charge in [-0.25, -0.2) is 4.39 Å². The highest BCUT2D eigenvalue weighted by Gasteiger charge is 2.38. The van der Waals surface area contributed by atoms with Gasteiger partial charge in [-0.3, -0.25) is 14.4 Å². The quantitative estimate of drug-likeness (QED) is 0.234. The lowest BCUT2D eigenvalue weighted by molar-refractivity contribution is -0.157. The summed E-state index contributed by atoms with van der Waals surface area (Å²) in [6.45, 7) is 0.0824.